The van der Waals surface area contributed by atoms with Gasteiger partial charge in [-0.25, -0.2) is 4.39 Å². The standard InChI is InChI=1S/C29H27F4NO4/c1-18(20-5-3-2-4-6-20)13-27(35)34-12-11-22-24(16-34)21(9-10-25(22)30)23-8-7-19(15-28(36)37)14-26(23)38-17-29(31,32)33/h2-10,14,18H,11-13,15-17H2,1H3,(H,36,37). The second kappa shape index (κ2) is 11.2. The molecule has 200 valence electrons. The number of benzene rings is 3. The summed E-state index contributed by atoms with van der Waals surface area (Å²) in [7, 11) is 0. The van der Waals surface area contributed by atoms with E-state index >= 15 is 0 Å². The van der Waals surface area contributed by atoms with Gasteiger partial charge < -0.3 is 14.7 Å². The number of carbonyl (C=O) groups excluding carboxylic acids is 1. The van der Waals surface area contributed by atoms with Crippen LogP contribution >= 0.6 is 0 Å². The van der Waals surface area contributed by atoms with Crippen molar-refractivity contribution in [2.45, 2.75) is 44.8 Å². The SMILES string of the molecule is CC(CC(=O)N1CCc2c(F)ccc(-c3ccc(CC(=O)O)cc3OCC(F)(F)F)c2C1)c1ccccc1. The van der Waals surface area contributed by atoms with Crippen molar-refractivity contribution >= 4 is 11.9 Å². The molecule has 1 N–H and O–H groups in total. The van der Waals surface area contributed by atoms with Crippen LogP contribution in [-0.4, -0.2) is 41.2 Å². The van der Waals surface area contributed by atoms with Gasteiger partial charge in [-0.05, 0) is 52.3 Å². The van der Waals surface area contributed by atoms with E-state index in [1.165, 1.54) is 30.3 Å². The largest absolute Gasteiger partial charge is 0.483 e. The van der Waals surface area contributed by atoms with E-state index < -0.39 is 31.0 Å². The smallest absolute Gasteiger partial charge is 0.422 e. The molecule has 0 radical (unpaired) electrons. The highest BCUT2D eigenvalue weighted by atomic mass is 19.4. The maximum absolute atomic E-state index is 14.8. The number of hydrogen-bond acceptors (Lipinski definition) is 3. The number of alkyl halides is 3. The summed E-state index contributed by atoms with van der Waals surface area (Å²) < 4.78 is 58.8. The number of carboxylic acid groups (broad SMARTS) is 1. The third-order valence-electron chi connectivity index (χ3n) is 6.64. The van der Waals surface area contributed by atoms with Gasteiger partial charge in [0.1, 0.15) is 11.6 Å². The average Bonchev–Trinajstić information content (AvgIpc) is 2.87. The van der Waals surface area contributed by atoms with Crippen LogP contribution in [0.1, 0.15) is 41.5 Å². The zero-order valence-corrected chi connectivity index (χ0v) is 20.7. The predicted molar refractivity (Wildman–Crippen MR) is 133 cm³/mol. The Kier molecular flexibility index (Phi) is 8.04. The van der Waals surface area contributed by atoms with Crippen molar-refractivity contribution in [1.82, 2.24) is 4.90 Å². The summed E-state index contributed by atoms with van der Waals surface area (Å²) in [5.74, 6) is -1.88. The minimum atomic E-state index is -4.61. The lowest BCUT2D eigenvalue weighted by molar-refractivity contribution is -0.153. The first-order valence-electron chi connectivity index (χ1n) is 12.2. The fourth-order valence-electron chi connectivity index (χ4n) is 4.74. The molecule has 1 unspecified atom stereocenters. The molecule has 0 fully saturated rings. The van der Waals surface area contributed by atoms with E-state index in [0.29, 0.717) is 23.2 Å². The van der Waals surface area contributed by atoms with Crippen molar-refractivity contribution in [1.29, 1.82) is 0 Å². The zero-order valence-electron chi connectivity index (χ0n) is 20.7. The number of nitrogens with zero attached hydrogens (tertiary/aromatic N) is 1. The quantitative estimate of drug-likeness (QED) is 0.356. The molecule has 38 heavy (non-hydrogen) atoms. The number of halogens is 4. The lowest BCUT2D eigenvalue weighted by Gasteiger charge is -2.32. The molecule has 0 spiro atoms. The fraction of sp³-hybridized carbons (Fsp3) is 0.310. The van der Waals surface area contributed by atoms with Crippen molar-refractivity contribution in [2.24, 2.45) is 0 Å². The highest BCUT2D eigenvalue weighted by Crippen LogP contribution is 2.38. The molecule has 9 heteroatoms. The molecular formula is C29H27F4NO4. The molecule has 3 aromatic carbocycles. The predicted octanol–water partition coefficient (Wildman–Crippen LogP) is 6.14. The van der Waals surface area contributed by atoms with Gasteiger partial charge in [0, 0.05) is 25.1 Å². The number of hydrogen-bond donors (Lipinski definition) is 1. The van der Waals surface area contributed by atoms with Crippen LogP contribution < -0.4 is 4.74 Å². The molecule has 1 amide bonds. The Labute approximate surface area is 217 Å². The highest BCUT2D eigenvalue weighted by Gasteiger charge is 2.30. The minimum absolute atomic E-state index is 0.0266. The molecule has 0 aromatic heterocycles. The Bertz CT molecular complexity index is 1320. The number of fused-ring (bicyclic) bond motifs is 1. The van der Waals surface area contributed by atoms with Gasteiger partial charge in [0.2, 0.25) is 5.91 Å². The Balaban J connectivity index is 1.66. The summed E-state index contributed by atoms with van der Waals surface area (Å²) in [5, 5.41) is 9.11. The Hall–Kier alpha value is -3.88. The first-order chi connectivity index (χ1) is 18.0. The molecule has 1 heterocycles. The van der Waals surface area contributed by atoms with Gasteiger partial charge in [0.15, 0.2) is 6.61 Å². The fourth-order valence-corrected chi connectivity index (χ4v) is 4.74. The number of rotatable bonds is 8. The summed E-state index contributed by atoms with van der Waals surface area (Å²) in [6.07, 6.45) is -4.49. The van der Waals surface area contributed by atoms with E-state index in [9.17, 15) is 27.2 Å². The van der Waals surface area contributed by atoms with E-state index in [1.54, 1.807) is 4.90 Å². The van der Waals surface area contributed by atoms with E-state index in [4.69, 9.17) is 9.84 Å². The molecule has 5 nitrogen and oxygen atoms in total. The average molecular weight is 530 g/mol. The van der Waals surface area contributed by atoms with Crippen molar-refractivity contribution in [2.75, 3.05) is 13.2 Å². The molecule has 1 aliphatic heterocycles. The summed E-state index contributed by atoms with van der Waals surface area (Å²) >= 11 is 0. The molecule has 0 bridgehead atoms. The van der Waals surface area contributed by atoms with E-state index in [-0.39, 0.29) is 48.1 Å². The normalized spacial score (nSPS) is 14.1. The lowest BCUT2D eigenvalue weighted by Crippen LogP contribution is -2.37. The number of carbonyl (C=O) groups is 2. The maximum Gasteiger partial charge on any atom is 0.422 e. The summed E-state index contributed by atoms with van der Waals surface area (Å²) in [6, 6.07) is 16.6. The highest BCUT2D eigenvalue weighted by molar-refractivity contribution is 5.80. The zero-order chi connectivity index (χ0) is 27.4. The van der Waals surface area contributed by atoms with Crippen molar-refractivity contribution < 1.29 is 37.0 Å². The van der Waals surface area contributed by atoms with Crippen LogP contribution in [0.2, 0.25) is 0 Å². The van der Waals surface area contributed by atoms with Crippen LogP contribution in [0.4, 0.5) is 17.6 Å². The van der Waals surface area contributed by atoms with Gasteiger partial charge in [0.25, 0.3) is 0 Å². The van der Waals surface area contributed by atoms with Crippen LogP contribution in [0.5, 0.6) is 5.75 Å². The first kappa shape index (κ1) is 27.2. The number of amides is 1. The molecule has 3 aromatic rings. The topological polar surface area (TPSA) is 66.8 Å². The second-order valence-electron chi connectivity index (χ2n) is 9.44. The number of carboxylic acids is 1. The van der Waals surface area contributed by atoms with E-state index in [0.717, 1.165) is 5.56 Å². The monoisotopic (exact) mass is 529 g/mol. The molecule has 1 atom stereocenters. The molecule has 0 aliphatic carbocycles. The van der Waals surface area contributed by atoms with Crippen LogP contribution in [-0.2, 0) is 29.0 Å². The van der Waals surface area contributed by atoms with Crippen molar-refractivity contribution in [3.05, 3.63) is 88.7 Å². The van der Waals surface area contributed by atoms with Gasteiger partial charge in [-0.2, -0.15) is 13.2 Å². The van der Waals surface area contributed by atoms with Gasteiger partial charge in [-0.3, -0.25) is 9.59 Å². The van der Waals surface area contributed by atoms with Gasteiger partial charge in [-0.1, -0.05) is 55.5 Å². The van der Waals surface area contributed by atoms with E-state index in [1.807, 2.05) is 37.3 Å². The number of ether oxygens (including phenoxy) is 1. The second-order valence-corrected chi connectivity index (χ2v) is 9.44. The van der Waals surface area contributed by atoms with Crippen molar-refractivity contribution in [3.63, 3.8) is 0 Å². The molecule has 0 saturated heterocycles. The van der Waals surface area contributed by atoms with Crippen LogP contribution in [0, 0.1) is 5.82 Å². The Morgan fingerprint density at radius 1 is 1.03 bits per heavy atom. The Morgan fingerprint density at radius 2 is 1.74 bits per heavy atom. The van der Waals surface area contributed by atoms with Crippen molar-refractivity contribution in [3.8, 4) is 16.9 Å². The van der Waals surface area contributed by atoms with Crippen LogP contribution in [0.25, 0.3) is 11.1 Å². The van der Waals surface area contributed by atoms with Crippen LogP contribution in [0.3, 0.4) is 0 Å². The summed E-state index contributed by atoms with van der Waals surface area (Å²) in [6.45, 7) is 0.808. The maximum atomic E-state index is 14.8. The van der Waals surface area contributed by atoms with E-state index in [2.05, 4.69) is 0 Å². The van der Waals surface area contributed by atoms with Gasteiger partial charge >= 0.3 is 12.1 Å². The minimum Gasteiger partial charge on any atom is -0.483 e. The summed E-state index contributed by atoms with van der Waals surface area (Å²) in [4.78, 5) is 26.0. The van der Waals surface area contributed by atoms with Crippen LogP contribution in [0.15, 0.2) is 60.7 Å². The third kappa shape index (κ3) is 6.51. The first-order valence-corrected chi connectivity index (χ1v) is 12.2. The molecule has 4 rings (SSSR count). The van der Waals surface area contributed by atoms with Gasteiger partial charge in [0.05, 0.1) is 6.42 Å². The lowest BCUT2D eigenvalue weighted by atomic mass is 9.89. The van der Waals surface area contributed by atoms with Gasteiger partial charge in [-0.15, -0.1) is 0 Å². The third-order valence-corrected chi connectivity index (χ3v) is 6.64. The molecule has 1 aliphatic rings. The summed E-state index contributed by atoms with van der Waals surface area (Å²) in [5.41, 5.74) is 2.90. The molecule has 0 saturated carbocycles. The number of aliphatic carboxylic acids is 1. The Morgan fingerprint density at radius 3 is 2.42 bits per heavy atom. The molecular weight excluding hydrogens is 502 g/mol.